The normalized spacial score (nSPS) is 11.1. The molecular formula is C32H29N9O2S. The van der Waals surface area contributed by atoms with Crippen molar-refractivity contribution in [1.82, 2.24) is 24.8 Å². The second-order valence-electron chi connectivity index (χ2n) is 10.2. The van der Waals surface area contributed by atoms with Gasteiger partial charge in [-0.2, -0.15) is 0 Å². The molecule has 44 heavy (non-hydrogen) atoms. The number of hydrogen-bond acceptors (Lipinski definition) is 9. The van der Waals surface area contributed by atoms with Gasteiger partial charge in [-0.25, -0.2) is 19.7 Å². The van der Waals surface area contributed by atoms with E-state index in [4.69, 9.17) is 11.1 Å². The van der Waals surface area contributed by atoms with E-state index in [-0.39, 0.29) is 29.7 Å². The highest BCUT2D eigenvalue weighted by atomic mass is 32.1. The number of thiazole rings is 1. The van der Waals surface area contributed by atoms with Gasteiger partial charge in [0.1, 0.15) is 18.0 Å². The zero-order valence-electron chi connectivity index (χ0n) is 24.2. The molecule has 0 saturated heterocycles. The summed E-state index contributed by atoms with van der Waals surface area (Å²) >= 11 is 1.30. The van der Waals surface area contributed by atoms with E-state index in [1.165, 1.54) is 24.7 Å². The fourth-order valence-electron chi connectivity index (χ4n) is 5.19. The Morgan fingerprint density at radius 3 is 2.61 bits per heavy atom. The number of carbonyl (C=O) groups excluding carboxylic acids is 1. The number of rotatable bonds is 7. The van der Waals surface area contributed by atoms with Crippen LogP contribution in [0.25, 0.3) is 26.7 Å². The molecule has 0 saturated carbocycles. The Hall–Kier alpha value is -5.62. The van der Waals surface area contributed by atoms with Crippen LogP contribution in [0.4, 0.5) is 21.6 Å². The van der Waals surface area contributed by atoms with Gasteiger partial charge in [0.25, 0.3) is 5.56 Å². The summed E-state index contributed by atoms with van der Waals surface area (Å²) in [5.41, 5.74) is 11.3. The number of aryl methyl sites for hydroxylation is 2. The average molecular weight is 604 g/mol. The molecule has 6 rings (SSSR count). The Morgan fingerprint density at radius 2 is 1.82 bits per heavy atom. The molecule has 0 aliphatic rings. The molecule has 3 heterocycles. The molecule has 0 spiro atoms. The van der Waals surface area contributed by atoms with Crippen molar-refractivity contribution in [3.63, 3.8) is 0 Å². The van der Waals surface area contributed by atoms with Crippen molar-refractivity contribution in [3.05, 3.63) is 111 Å². The molecule has 3 aromatic heterocycles. The van der Waals surface area contributed by atoms with Crippen LogP contribution in [0.3, 0.4) is 0 Å². The lowest BCUT2D eigenvalue weighted by molar-refractivity contribution is 0.254. The van der Waals surface area contributed by atoms with Gasteiger partial charge in [-0.1, -0.05) is 53.8 Å². The number of benzene rings is 3. The van der Waals surface area contributed by atoms with Gasteiger partial charge in [-0.3, -0.25) is 20.1 Å². The van der Waals surface area contributed by atoms with Gasteiger partial charge in [0, 0.05) is 18.3 Å². The summed E-state index contributed by atoms with van der Waals surface area (Å²) in [6, 6.07) is 20.6. The van der Waals surface area contributed by atoms with Crippen LogP contribution in [0.1, 0.15) is 27.9 Å². The maximum Gasteiger partial charge on any atom is 0.320 e. The molecule has 0 aliphatic carbocycles. The van der Waals surface area contributed by atoms with Crippen LogP contribution in [0, 0.1) is 19.3 Å². The zero-order chi connectivity index (χ0) is 31.0. The lowest BCUT2D eigenvalue weighted by Gasteiger charge is -2.19. The highest BCUT2D eigenvalue weighted by Gasteiger charge is 2.19. The number of nitrogen functional groups attached to an aromatic ring is 1. The van der Waals surface area contributed by atoms with Crippen LogP contribution in [0.15, 0.2) is 77.9 Å². The van der Waals surface area contributed by atoms with Gasteiger partial charge < -0.3 is 16.4 Å². The quantitative estimate of drug-likeness (QED) is 0.153. The molecule has 6 aromatic rings. The van der Waals surface area contributed by atoms with Gasteiger partial charge in [0.15, 0.2) is 5.13 Å². The van der Waals surface area contributed by atoms with Crippen LogP contribution < -0.4 is 27.2 Å². The van der Waals surface area contributed by atoms with E-state index in [0.717, 1.165) is 32.6 Å². The van der Waals surface area contributed by atoms with Crippen molar-refractivity contribution >= 4 is 60.8 Å². The first-order valence-corrected chi connectivity index (χ1v) is 14.6. The van der Waals surface area contributed by atoms with Crippen molar-refractivity contribution in [2.45, 2.75) is 20.4 Å². The lowest BCUT2D eigenvalue weighted by Crippen LogP contribution is -2.25. The van der Waals surface area contributed by atoms with E-state index in [1.54, 1.807) is 16.7 Å². The molecule has 3 aromatic carbocycles. The number of para-hydroxylation sites is 1. The molecule has 6 N–H and O–H groups in total. The summed E-state index contributed by atoms with van der Waals surface area (Å²) in [5, 5.41) is 19.5. The molecule has 0 atom stereocenters. The van der Waals surface area contributed by atoms with Crippen molar-refractivity contribution in [1.29, 1.82) is 5.41 Å². The zero-order valence-corrected chi connectivity index (χ0v) is 25.0. The number of nitrogens with one attached hydrogen (secondary N) is 4. The van der Waals surface area contributed by atoms with Crippen LogP contribution in [0.5, 0.6) is 0 Å². The Morgan fingerprint density at radius 1 is 1.02 bits per heavy atom. The molecule has 2 amide bonds. The fourth-order valence-corrected chi connectivity index (χ4v) is 6.09. The van der Waals surface area contributed by atoms with E-state index in [2.05, 4.69) is 30.9 Å². The van der Waals surface area contributed by atoms with Crippen molar-refractivity contribution in [3.8, 4) is 5.69 Å². The lowest BCUT2D eigenvalue weighted by atomic mass is 10.0. The molecule has 0 radical (unpaired) electrons. The molecule has 12 heteroatoms. The van der Waals surface area contributed by atoms with Gasteiger partial charge in [0.05, 0.1) is 39.1 Å². The Labute approximate surface area is 256 Å². The van der Waals surface area contributed by atoms with E-state index in [9.17, 15) is 9.59 Å². The van der Waals surface area contributed by atoms with E-state index in [1.807, 2.05) is 68.4 Å². The SMILES string of the molecule is CNC(=O)Nc1nc2ccc(C(=N)c3c(N)ncnc3NCc3cc4cccc(C)c4c(=O)n3-c3ccccc3C)cc2s1. The summed E-state index contributed by atoms with van der Waals surface area (Å²) in [7, 11) is 1.53. The standard InChI is InChI=1S/C32H29N9O2S/c1-17-7-4-5-10-23(17)41-21(13-19-9-6-8-18(2)25(19)30(41)42)15-36-29-26(28(34)37-16-38-29)27(33)20-11-12-22-24(14-20)44-32(39-22)40-31(43)35-3/h4-14,16,33H,15H2,1-3H3,(H3,34,36,37,38)(H2,35,39,40,43). The smallest absolute Gasteiger partial charge is 0.320 e. The minimum atomic E-state index is -0.364. The van der Waals surface area contributed by atoms with Crippen molar-refractivity contribution < 1.29 is 4.79 Å². The van der Waals surface area contributed by atoms with Gasteiger partial charge in [-0.05, 0) is 54.6 Å². The largest absolute Gasteiger partial charge is 0.383 e. The topological polar surface area (TPSA) is 164 Å². The number of pyridine rings is 1. The van der Waals surface area contributed by atoms with Crippen LogP contribution in [-0.4, -0.2) is 38.3 Å². The van der Waals surface area contributed by atoms with Crippen LogP contribution >= 0.6 is 11.3 Å². The summed E-state index contributed by atoms with van der Waals surface area (Å²) in [5.74, 6) is 0.506. The van der Waals surface area contributed by atoms with Crippen molar-refractivity contribution in [2.24, 2.45) is 0 Å². The van der Waals surface area contributed by atoms with Crippen molar-refractivity contribution in [2.75, 3.05) is 23.4 Å². The number of urea groups is 1. The average Bonchev–Trinajstić information content (AvgIpc) is 3.41. The Kier molecular flexibility index (Phi) is 7.50. The number of amides is 2. The third kappa shape index (κ3) is 5.22. The minimum Gasteiger partial charge on any atom is -0.383 e. The minimum absolute atomic E-state index is 0.106. The molecule has 0 aliphatic heterocycles. The van der Waals surface area contributed by atoms with Gasteiger partial charge in [-0.15, -0.1) is 0 Å². The van der Waals surface area contributed by atoms with E-state index < -0.39 is 0 Å². The number of aromatic nitrogens is 4. The Bertz CT molecular complexity index is 2150. The molecule has 11 nitrogen and oxygen atoms in total. The maximum atomic E-state index is 14.0. The molecule has 0 fully saturated rings. The molecule has 0 unspecified atom stereocenters. The highest BCUT2D eigenvalue weighted by Crippen LogP contribution is 2.30. The number of nitrogens with zero attached hydrogens (tertiary/aromatic N) is 4. The first-order valence-electron chi connectivity index (χ1n) is 13.8. The Balaban J connectivity index is 1.38. The second kappa shape index (κ2) is 11.6. The number of anilines is 3. The highest BCUT2D eigenvalue weighted by molar-refractivity contribution is 7.22. The fraction of sp³-hybridized carbons (Fsp3) is 0.125. The first kappa shape index (κ1) is 28.5. The molecule has 220 valence electrons. The summed E-state index contributed by atoms with van der Waals surface area (Å²) in [6.45, 7) is 4.14. The third-order valence-corrected chi connectivity index (χ3v) is 8.31. The van der Waals surface area contributed by atoms with Gasteiger partial charge in [0.2, 0.25) is 0 Å². The summed E-state index contributed by atoms with van der Waals surface area (Å²) in [6.07, 6.45) is 1.34. The van der Waals surface area contributed by atoms with Crippen LogP contribution in [-0.2, 0) is 6.54 Å². The molecular weight excluding hydrogens is 574 g/mol. The second-order valence-corrected chi connectivity index (χ2v) is 11.2. The number of nitrogens with two attached hydrogens (primary N) is 1. The van der Waals surface area contributed by atoms with E-state index >= 15 is 0 Å². The first-order chi connectivity index (χ1) is 21.2. The molecule has 0 bridgehead atoms. The third-order valence-electron chi connectivity index (χ3n) is 7.38. The summed E-state index contributed by atoms with van der Waals surface area (Å²) < 4.78 is 2.52. The van der Waals surface area contributed by atoms with Gasteiger partial charge >= 0.3 is 6.03 Å². The predicted octanol–water partition coefficient (Wildman–Crippen LogP) is 5.37. The number of hydrogen-bond donors (Lipinski definition) is 5. The monoisotopic (exact) mass is 603 g/mol. The number of carbonyl (C=O) groups is 1. The van der Waals surface area contributed by atoms with Crippen LogP contribution in [0.2, 0.25) is 0 Å². The number of fused-ring (bicyclic) bond motifs is 2. The van der Waals surface area contributed by atoms with E-state index in [0.29, 0.717) is 33.0 Å². The predicted molar refractivity (Wildman–Crippen MR) is 176 cm³/mol. The summed E-state index contributed by atoms with van der Waals surface area (Å²) in [4.78, 5) is 38.7. The maximum absolute atomic E-state index is 14.0.